The molecule has 1 saturated heterocycles. The molecule has 2 fully saturated rings. The standard InChI is InChI=1S/C15H23BrN4O/c1-19-7-3-2-4-12(19)8-17-13-9-18-20(10-11-5-6-11)15(21)14(13)16/h9,11-12,17H,2-8,10H2,1H3. The summed E-state index contributed by atoms with van der Waals surface area (Å²) < 4.78 is 2.19. The van der Waals surface area contributed by atoms with Crippen LogP contribution in [0.5, 0.6) is 0 Å². The predicted molar refractivity (Wildman–Crippen MR) is 87.7 cm³/mol. The number of likely N-dealkylation sites (tertiary alicyclic amines) is 1. The average Bonchev–Trinajstić information content (AvgIpc) is 3.29. The van der Waals surface area contributed by atoms with Crippen LogP contribution in [0.3, 0.4) is 0 Å². The fourth-order valence-electron chi connectivity index (χ4n) is 2.89. The van der Waals surface area contributed by atoms with Crippen LogP contribution < -0.4 is 10.9 Å². The van der Waals surface area contributed by atoms with Gasteiger partial charge in [-0.2, -0.15) is 5.10 Å². The van der Waals surface area contributed by atoms with Crippen molar-refractivity contribution >= 4 is 21.6 Å². The summed E-state index contributed by atoms with van der Waals surface area (Å²) in [5.41, 5.74) is 0.787. The molecule has 116 valence electrons. The molecule has 0 amide bonds. The van der Waals surface area contributed by atoms with E-state index < -0.39 is 0 Å². The van der Waals surface area contributed by atoms with E-state index in [-0.39, 0.29) is 5.56 Å². The molecule has 0 bridgehead atoms. The second kappa shape index (κ2) is 6.48. The maximum Gasteiger partial charge on any atom is 0.283 e. The highest BCUT2D eigenvalue weighted by Gasteiger charge is 2.24. The minimum absolute atomic E-state index is 0.0242. The van der Waals surface area contributed by atoms with Gasteiger partial charge in [-0.15, -0.1) is 0 Å². The minimum atomic E-state index is -0.0242. The number of halogens is 1. The van der Waals surface area contributed by atoms with Crippen molar-refractivity contribution in [3.63, 3.8) is 0 Å². The number of nitrogens with one attached hydrogen (secondary N) is 1. The topological polar surface area (TPSA) is 50.2 Å². The summed E-state index contributed by atoms with van der Waals surface area (Å²) in [4.78, 5) is 14.7. The zero-order valence-electron chi connectivity index (χ0n) is 12.5. The van der Waals surface area contributed by atoms with Crippen molar-refractivity contribution in [3.8, 4) is 0 Å². The summed E-state index contributed by atoms with van der Waals surface area (Å²) in [5, 5.41) is 7.69. The summed E-state index contributed by atoms with van der Waals surface area (Å²) in [5.74, 6) is 0.650. The molecule has 1 saturated carbocycles. The van der Waals surface area contributed by atoms with Crippen molar-refractivity contribution in [2.45, 2.75) is 44.7 Å². The molecule has 21 heavy (non-hydrogen) atoms. The number of rotatable bonds is 5. The Morgan fingerprint density at radius 1 is 1.38 bits per heavy atom. The Labute approximate surface area is 133 Å². The van der Waals surface area contributed by atoms with Gasteiger partial charge in [0.05, 0.1) is 11.9 Å². The third-order valence-corrected chi connectivity index (χ3v) is 5.33. The normalized spacial score (nSPS) is 23.2. The Morgan fingerprint density at radius 3 is 2.90 bits per heavy atom. The SMILES string of the molecule is CN1CCCCC1CNc1cnn(CC2CC2)c(=O)c1Br. The second-order valence-electron chi connectivity index (χ2n) is 6.31. The number of nitrogens with zero attached hydrogens (tertiary/aromatic N) is 3. The molecule has 0 spiro atoms. The van der Waals surface area contributed by atoms with Gasteiger partial charge in [-0.1, -0.05) is 6.42 Å². The predicted octanol–water partition coefficient (Wildman–Crippen LogP) is 2.31. The van der Waals surface area contributed by atoms with Gasteiger partial charge in [0.1, 0.15) is 4.47 Å². The van der Waals surface area contributed by atoms with Crippen molar-refractivity contribution in [1.82, 2.24) is 14.7 Å². The lowest BCUT2D eigenvalue weighted by atomic mass is 10.0. The summed E-state index contributed by atoms with van der Waals surface area (Å²) in [7, 11) is 2.17. The quantitative estimate of drug-likeness (QED) is 0.881. The van der Waals surface area contributed by atoms with Crippen LogP contribution in [0.25, 0.3) is 0 Å². The molecule has 0 aromatic carbocycles. The highest BCUT2D eigenvalue weighted by molar-refractivity contribution is 9.10. The first-order valence-corrected chi connectivity index (χ1v) is 8.64. The molecule has 1 aromatic rings. The first-order valence-electron chi connectivity index (χ1n) is 7.85. The van der Waals surface area contributed by atoms with Gasteiger partial charge in [0.2, 0.25) is 0 Å². The van der Waals surface area contributed by atoms with Crippen LogP contribution >= 0.6 is 15.9 Å². The largest absolute Gasteiger partial charge is 0.381 e. The van der Waals surface area contributed by atoms with E-state index in [1.54, 1.807) is 10.9 Å². The van der Waals surface area contributed by atoms with Gasteiger partial charge in [-0.3, -0.25) is 4.79 Å². The van der Waals surface area contributed by atoms with Crippen LogP contribution in [0.15, 0.2) is 15.5 Å². The number of piperidine rings is 1. The van der Waals surface area contributed by atoms with Crippen molar-refractivity contribution in [1.29, 1.82) is 0 Å². The first kappa shape index (κ1) is 15.0. The van der Waals surface area contributed by atoms with Crippen LogP contribution in [-0.2, 0) is 6.54 Å². The highest BCUT2D eigenvalue weighted by atomic mass is 79.9. The first-order chi connectivity index (χ1) is 10.1. The zero-order valence-corrected chi connectivity index (χ0v) is 14.1. The number of likely N-dealkylation sites (N-methyl/N-ethyl adjacent to an activating group) is 1. The lowest BCUT2D eigenvalue weighted by Gasteiger charge is -2.32. The monoisotopic (exact) mass is 354 g/mol. The molecule has 2 heterocycles. The van der Waals surface area contributed by atoms with E-state index in [1.807, 2.05) is 0 Å². The Kier molecular flexibility index (Phi) is 4.64. The van der Waals surface area contributed by atoms with Gasteiger partial charge in [0.25, 0.3) is 5.56 Å². The molecule has 1 N–H and O–H groups in total. The highest BCUT2D eigenvalue weighted by Crippen LogP contribution is 2.30. The van der Waals surface area contributed by atoms with Gasteiger partial charge in [-0.25, -0.2) is 4.68 Å². The summed E-state index contributed by atoms with van der Waals surface area (Å²) in [6, 6.07) is 0.541. The van der Waals surface area contributed by atoms with Crippen LogP contribution in [0.2, 0.25) is 0 Å². The lowest BCUT2D eigenvalue weighted by molar-refractivity contribution is 0.194. The van der Waals surface area contributed by atoms with Crippen molar-refractivity contribution in [2.75, 3.05) is 25.5 Å². The zero-order chi connectivity index (χ0) is 14.8. The summed E-state index contributed by atoms with van der Waals surface area (Å²) in [6.07, 6.45) is 8.01. The molecule has 0 radical (unpaired) electrons. The minimum Gasteiger partial charge on any atom is -0.381 e. The number of anilines is 1. The molecular weight excluding hydrogens is 332 g/mol. The molecule has 1 aliphatic carbocycles. The van der Waals surface area contributed by atoms with Crippen LogP contribution in [0, 0.1) is 5.92 Å². The molecule has 1 atom stereocenters. The van der Waals surface area contributed by atoms with Gasteiger partial charge in [-0.05, 0) is 61.1 Å². The lowest BCUT2D eigenvalue weighted by Crippen LogP contribution is -2.41. The third kappa shape index (κ3) is 3.66. The Morgan fingerprint density at radius 2 is 2.19 bits per heavy atom. The van der Waals surface area contributed by atoms with E-state index in [0.29, 0.717) is 16.4 Å². The third-order valence-electron chi connectivity index (χ3n) is 4.56. The molecule has 1 unspecified atom stereocenters. The fourth-order valence-corrected chi connectivity index (χ4v) is 3.34. The van der Waals surface area contributed by atoms with Crippen molar-refractivity contribution in [2.24, 2.45) is 5.92 Å². The second-order valence-corrected chi connectivity index (χ2v) is 7.11. The van der Waals surface area contributed by atoms with Gasteiger partial charge in [0.15, 0.2) is 0 Å². The Hall–Kier alpha value is -0.880. The Balaban J connectivity index is 1.64. The van der Waals surface area contributed by atoms with Crippen LogP contribution in [-0.4, -0.2) is 40.9 Å². The van der Waals surface area contributed by atoms with E-state index in [1.165, 1.54) is 32.1 Å². The molecule has 3 rings (SSSR count). The van der Waals surface area contributed by atoms with E-state index in [4.69, 9.17) is 0 Å². The Bertz CT molecular complexity index is 555. The maximum atomic E-state index is 12.3. The maximum absolute atomic E-state index is 12.3. The number of aromatic nitrogens is 2. The van der Waals surface area contributed by atoms with E-state index in [2.05, 4.69) is 38.3 Å². The van der Waals surface area contributed by atoms with E-state index in [9.17, 15) is 4.79 Å². The van der Waals surface area contributed by atoms with Gasteiger partial charge < -0.3 is 10.2 Å². The molecular formula is C15H23BrN4O. The van der Waals surface area contributed by atoms with Crippen molar-refractivity contribution in [3.05, 3.63) is 21.0 Å². The van der Waals surface area contributed by atoms with Crippen LogP contribution in [0.4, 0.5) is 5.69 Å². The fraction of sp³-hybridized carbons (Fsp3) is 0.733. The molecule has 1 aliphatic heterocycles. The smallest absolute Gasteiger partial charge is 0.283 e. The van der Waals surface area contributed by atoms with Gasteiger partial charge >= 0.3 is 0 Å². The summed E-state index contributed by atoms with van der Waals surface area (Å²) in [6.45, 7) is 2.78. The molecule has 6 heteroatoms. The van der Waals surface area contributed by atoms with Crippen molar-refractivity contribution < 1.29 is 0 Å². The van der Waals surface area contributed by atoms with Gasteiger partial charge in [0, 0.05) is 19.1 Å². The van der Waals surface area contributed by atoms with Crippen LogP contribution in [0.1, 0.15) is 32.1 Å². The average molecular weight is 355 g/mol. The number of hydrogen-bond acceptors (Lipinski definition) is 4. The molecule has 5 nitrogen and oxygen atoms in total. The summed E-state index contributed by atoms with van der Waals surface area (Å²) >= 11 is 3.43. The molecule has 2 aliphatic rings. The number of hydrogen-bond donors (Lipinski definition) is 1. The van der Waals surface area contributed by atoms with E-state index >= 15 is 0 Å². The molecule has 1 aromatic heterocycles. The van der Waals surface area contributed by atoms with E-state index in [0.717, 1.165) is 25.3 Å².